The average molecular weight is 451 g/mol. The molecule has 5 rings (SSSR count). The molecule has 0 spiro atoms. The van der Waals surface area contributed by atoms with E-state index in [0.29, 0.717) is 11.5 Å². The van der Waals surface area contributed by atoms with Crippen molar-refractivity contribution < 1.29 is 9.90 Å². The van der Waals surface area contributed by atoms with Gasteiger partial charge in [0.25, 0.3) is 0 Å². The second-order valence-corrected chi connectivity index (χ2v) is 9.31. The summed E-state index contributed by atoms with van der Waals surface area (Å²) in [5, 5.41) is 16.0. The summed E-state index contributed by atoms with van der Waals surface area (Å²) in [7, 11) is 0. The van der Waals surface area contributed by atoms with E-state index in [9.17, 15) is 9.90 Å². The van der Waals surface area contributed by atoms with E-state index in [2.05, 4.69) is 83.9 Å². The number of carbonyl (C=O) groups is 1. The number of hydrogen-bond donors (Lipinski definition) is 2. The minimum Gasteiger partial charge on any atom is -0.478 e. The number of benzene rings is 4. The summed E-state index contributed by atoms with van der Waals surface area (Å²) in [6, 6.07) is 29.5. The number of hydrogen-bond acceptors (Lipinski definition) is 3. The Kier molecular flexibility index (Phi) is 6.08. The monoisotopic (exact) mass is 450 g/mol. The van der Waals surface area contributed by atoms with Gasteiger partial charge in [-0.05, 0) is 71.8 Å². The Morgan fingerprint density at radius 3 is 2.65 bits per heavy atom. The number of anilines is 2. The summed E-state index contributed by atoms with van der Waals surface area (Å²) < 4.78 is 0. The lowest BCUT2D eigenvalue weighted by Gasteiger charge is -2.37. The van der Waals surface area contributed by atoms with Crippen LogP contribution < -0.4 is 10.2 Å². The minimum absolute atomic E-state index is 0.231. The van der Waals surface area contributed by atoms with Gasteiger partial charge in [0, 0.05) is 30.5 Å². The Bertz CT molecular complexity index is 1340. The maximum Gasteiger partial charge on any atom is 0.336 e. The van der Waals surface area contributed by atoms with Crippen LogP contribution in [-0.4, -0.2) is 24.2 Å². The third-order valence-corrected chi connectivity index (χ3v) is 7.00. The second kappa shape index (κ2) is 9.32. The summed E-state index contributed by atoms with van der Waals surface area (Å²) in [5.74, 6) is -0.478. The van der Waals surface area contributed by atoms with Gasteiger partial charge in [-0.3, -0.25) is 0 Å². The molecule has 0 aromatic heterocycles. The molecule has 34 heavy (non-hydrogen) atoms. The van der Waals surface area contributed by atoms with Crippen LogP contribution in [0.15, 0.2) is 84.9 Å². The highest BCUT2D eigenvalue weighted by Gasteiger charge is 2.26. The number of nitrogens with one attached hydrogen (secondary N) is 1. The molecule has 4 aromatic carbocycles. The van der Waals surface area contributed by atoms with E-state index >= 15 is 0 Å². The molecule has 2 atom stereocenters. The van der Waals surface area contributed by atoms with Gasteiger partial charge in [-0.15, -0.1) is 0 Å². The highest BCUT2D eigenvalue weighted by molar-refractivity contribution is 5.91. The van der Waals surface area contributed by atoms with E-state index < -0.39 is 5.97 Å². The Hall–Kier alpha value is -3.63. The molecule has 0 bridgehead atoms. The van der Waals surface area contributed by atoms with E-state index in [1.807, 2.05) is 25.1 Å². The molecule has 1 aliphatic heterocycles. The molecule has 0 aliphatic carbocycles. The number of aromatic carboxylic acids is 1. The predicted molar refractivity (Wildman–Crippen MR) is 139 cm³/mol. The fourth-order valence-corrected chi connectivity index (χ4v) is 5.15. The van der Waals surface area contributed by atoms with Gasteiger partial charge in [-0.25, -0.2) is 4.79 Å². The topological polar surface area (TPSA) is 52.6 Å². The number of carboxylic acid groups (broad SMARTS) is 1. The first-order valence-corrected chi connectivity index (χ1v) is 11.9. The molecule has 1 heterocycles. The van der Waals surface area contributed by atoms with Gasteiger partial charge in [0.15, 0.2) is 0 Å². The quantitative estimate of drug-likeness (QED) is 0.352. The molecule has 0 radical (unpaired) electrons. The van der Waals surface area contributed by atoms with Crippen LogP contribution in [-0.2, 0) is 6.42 Å². The number of aryl methyl sites for hydroxylation is 1. The molecule has 4 aromatic rings. The van der Waals surface area contributed by atoms with E-state index in [4.69, 9.17) is 0 Å². The van der Waals surface area contributed by atoms with E-state index in [1.165, 1.54) is 27.6 Å². The first kappa shape index (κ1) is 22.2. The number of rotatable bonds is 6. The summed E-state index contributed by atoms with van der Waals surface area (Å²) in [4.78, 5) is 14.0. The summed E-state index contributed by atoms with van der Waals surface area (Å²) >= 11 is 0. The number of nitrogens with zero attached hydrogens (tertiary/aromatic N) is 1. The van der Waals surface area contributed by atoms with Gasteiger partial charge >= 0.3 is 5.97 Å². The molecule has 4 nitrogen and oxygen atoms in total. The lowest BCUT2D eigenvalue weighted by molar-refractivity contribution is 0.0696. The normalized spacial score (nSPS) is 16.3. The zero-order valence-corrected chi connectivity index (χ0v) is 19.7. The third kappa shape index (κ3) is 4.29. The van der Waals surface area contributed by atoms with Crippen molar-refractivity contribution in [2.75, 3.05) is 18.0 Å². The van der Waals surface area contributed by atoms with Crippen LogP contribution >= 0.6 is 0 Å². The van der Waals surface area contributed by atoms with Crippen LogP contribution in [0.4, 0.5) is 11.4 Å². The van der Waals surface area contributed by atoms with Crippen molar-refractivity contribution in [3.63, 3.8) is 0 Å². The van der Waals surface area contributed by atoms with Crippen LogP contribution in [0.25, 0.3) is 10.8 Å². The highest BCUT2D eigenvalue weighted by Crippen LogP contribution is 2.36. The fourth-order valence-electron chi connectivity index (χ4n) is 5.15. The first-order chi connectivity index (χ1) is 16.5. The van der Waals surface area contributed by atoms with E-state index in [1.54, 1.807) is 0 Å². The van der Waals surface area contributed by atoms with Crippen LogP contribution in [0.5, 0.6) is 0 Å². The molecule has 0 saturated carbocycles. The number of fused-ring (bicyclic) bond motifs is 2. The van der Waals surface area contributed by atoms with Crippen LogP contribution in [0.1, 0.15) is 40.0 Å². The Balaban J connectivity index is 1.39. The first-order valence-electron chi connectivity index (χ1n) is 11.9. The zero-order valence-electron chi connectivity index (χ0n) is 19.7. The molecule has 4 heteroatoms. The van der Waals surface area contributed by atoms with Crippen LogP contribution in [0.3, 0.4) is 0 Å². The second-order valence-electron chi connectivity index (χ2n) is 9.31. The Morgan fingerprint density at radius 1 is 1.03 bits per heavy atom. The van der Waals surface area contributed by atoms with Gasteiger partial charge < -0.3 is 15.3 Å². The van der Waals surface area contributed by atoms with Gasteiger partial charge in [0.2, 0.25) is 0 Å². The number of para-hydroxylation sites is 1. The van der Waals surface area contributed by atoms with Crippen molar-refractivity contribution >= 4 is 28.1 Å². The number of carboxylic acids is 1. The lowest BCUT2D eigenvalue weighted by atomic mass is 9.91. The minimum atomic E-state index is -0.883. The molecule has 1 aliphatic rings. The summed E-state index contributed by atoms with van der Waals surface area (Å²) in [6.07, 6.45) is 1.000. The summed E-state index contributed by atoms with van der Waals surface area (Å²) in [5.41, 5.74) is 5.86. The molecule has 0 amide bonds. The van der Waals surface area contributed by atoms with Gasteiger partial charge in [0.05, 0.1) is 5.56 Å². The molecular weight excluding hydrogens is 420 g/mol. The lowest BCUT2D eigenvalue weighted by Crippen LogP contribution is -2.38. The Morgan fingerprint density at radius 2 is 1.79 bits per heavy atom. The molecule has 0 fully saturated rings. The van der Waals surface area contributed by atoms with Gasteiger partial charge in [0.1, 0.15) is 0 Å². The fraction of sp³-hybridized carbons (Fsp3) is 0.233. The molecule has 0 saturated heterocycles. The SMILES string of the molecule is Cc1ccc(N2CC(CNC(C)c3cccc4ccccc34)Cc3ccccc32)cc1C(=O)O. The van der Waals surface area contributed by atoms with Crippen molar-refractivity contribution in [3.8, 4) is 0 Å². The van der Waals surface area contributed by atoms with Crippen molar-refractivity contribution in [3.05, 3.63) is 107 Å². The molecule has 172 valence electrons. The van der Waals surface area contributed by atoms with Gasteiger partial charge in [-0.2, -0.15) is 0 Å². The van der Waals surface area contributed by atoms with Crippen LogP contribution in [0, 0.1) is 12.8 Å². The van der Waals surface area contributed by atoms with Crippen molar-refractivity contribution in [2.24, 2.45) is 5.92 Å². The largest absolute Gasteiger partial charge is 0.478 e. The molecule has 2 unspecified atom stereocenters. The maximum absolute atomic E-state index is 11.7. The third-order valence-electron chi connectivity index (χ3n) is 7.00. The highest BCUT2D eigenvalue weighted by atomic mass is 16.4. The van der Waals surface area contributed by atoms with Crippen molar-refractivity contribution in [1.82, 2.24) is 5.32 Å². The van der Waals surface area contributed by atoms with Gasteiger partial charge in [-0.1, -0.05) is 66.7 Å². The average Bonchev–Trinajstić information content (AvgIpc) is 2.86. The van der Waals surface area contributed by atoms with Crippen molar-refractivity contribution in [1.29, 1.82) is 0 Å². The van der Waals surface area contributed by atoms with Crippen LogP contribution in [0.2, 0.25) is 0 Å². The standard InChI is InChI=1S/C30H30N2O2/c1-20-14-15-25(17-28(20)30(33)34)32-19-22(16-24-9-4-6-13-29(24)32)18-31-21(2)26-12-7-10-23-8-3-5-11-27(23)26/h3-15,17,21-22,31H,16,18-19H2,1-2H3,(H,33,34). The zero-order chi connectivity index (χ0) is 23.7. The van der Waals surface area contributed by atoms with Crippen molar-refractivity contribution in [2.45, 2.75) is 26.3 Å². The van der Waals surface area contributed by atoms with E-state index in [0.717, 1.165) is 30.8 Å². The summed E-state index contributed by atoms with van der Waals surface area (Å²) in [6.45, 7) is 5.80. The predicted octanol–water partition coefficient (Wildman–Crippen LogP) is 6.51. The van der Waals surface area contributed by atoms with E-state index in [-0.39, 0.29) is 6.04 Å². The molecule has 2 N–H and O–H groups in total. The molecular formula is C30H30N2O2. The maximum atomic E-state index is 11.7. The smallest absolute Gasteiger partial charge is 0.336 e. The Labute approximate surface area is 200 Å².